The van der Waals surface area contributed by atoms with Crippen LogP contribution in [-0.2, 0) is 34.2 Å². The van der Waals surface area contributed by atoms with E-state index in [-0.39, 0.29) is 20.1 Å². The average Bonchev–Trinajstić information content (AvgIpc) is 3.46. The molecule has 0 aliphatic rings. The van der Waals surface area contributed by atoms with Crippen molar-refractivity contribution in [2.45, 2.75) is 0 Å². The molecular weight excluding hydrogens is 633 g/mol. The van der Waals surface area contributed by atoms with Crippen LogP contribution in [0, 0.1) is 12.1 Å². The molecule has 2 heterocycles. The summed E-state index contributed by atoms with van der Waals surface area (Å²) in [4.78, 5) is 0. The van der Waals surface area contributed by atoms with Crippen LogP contribution in [0.5, 0.6) is 0 Å². The van der Waals surface area contributed by atoms with Gasteiger partial charge < -0.3 is 0 Å². The molecule has 0 bridgehead atoms. The molecule has 0 spiro atoms. The monoisotopic (exact) mass is 659 g/mol. The van der Waals surface area contributed by atoms with Gasteiger partial charge in [0, 0.05) is 69.8 Å². The first kappa shape index (κ1) is 24.6. The Morgan fingerprint density at radius 3 is 1.78 bits per heavy atom. The molecule has 0 aliphatic heterocycles. The third-order valence-electron chi connectivity index (χ3n) is 6.51. The van der Waals surface area contributed by atoms with Crippen LogP contribution in [0.3, 0.4) is 0 Å². The first-order valence-corrected chi connectivity index (χ1v) is 12.0. The summed E-state index contributed by atoms with van der Waals surface area (Å²) in [6.45, 7) is 0. The van der Waals surface area contributed by atoms with Crippen LogP contribution in [0.2, 0.25) is 0 Å². The van der Waals surface area contributed by atoms with Crippen LogP contribution in [0.25, 0.3) is 44.2 Å². The zero-order valence-electron chi connectivity index (χ0n) is 20.7. The molecule has 7 rings (SSSR count). The van der Waals surface area contributed by atoms with Crippen LogP contribution in [-0.4, -0.2) is 18.3 Å². The van der Waals surface area contributed by atoms with Gasteiger partial charge in [-0.2, -0.15) is 34.9 Å². The molecule has 2 aromatic heterocycles. The molecule has 7 aromatic rings. The van der Waals surface area contributed by atoms with E-state index in [1.54, 1.807) is 0 Å². The van der Waals surface area contributed by atoms with Crippen LogP contribution >= 0.6 is 0 Å². The summed E-state index contributed by atoms with van der Waals surface area (Å²) in [5.74, 6) is 0. The first-order valence-electron chi connectivity index (χ1n) is 12.0. The van der Waals surface area contributed by atoms with Crippen molar-refractivity contribution < 1.29 is 20.1 Å². The van der Waals surface area contributed by atoms with Crippen LogP contribution in [0.4, 0.5) is 0 Å². The van der Waals surface area contributed by atoms with E-state index in [4.69, 9.17) is 0 Å². The number of para-hydroxylation sites is 5. The van der Waals surface area contributed by atoms with E-state index in [9.17, 15) is 0 Å². The van der Waals surface area contributed by atoms with Gasteiger partial charge in [0.15, 0.2) is 34.7 Å². The summed E-state index contributed by atoms with van der Waals surface area (Å²) >= 11 is 0. The smallest absolute Gasteiger partial charge is 0.188 e. The molecule has 0 aliphatic carbocycles. The third kappa shape index (κ3) is 4.60. The number of aromatic nitrogens is 4. The van der Waals surface area contributed by atoms with Gasteiger partial charge in [-0.05, 0) is 24.3 Å². The van der Waals surface area contributed by atoms with Crippen molar-refractivity contribution in [3.05, 3.63) is 134 Å². The molecule has 0 unspecified atom stereocenters. The Labute approximate surface area is 230 Å². The van der Waals surface area contributed by atoms with Gasteiger partial charge in [0.25, 0.3) is 0 Å². The van der Waals surface area contributed by atoms with Crippen LogP contribution < -0.4 is 0 Å². The van der Waals surface area contributed by atoms with Gasteiger partial charge in [-0.25, -0.2) is 13.7 Å². The number of hydrogen-bond donors (Lipinski definition) is 0. The fourth-order valence-electron chi connectivity index (χ4n) is 4.78. The molecule has 4 nitrogen and oxygen atoms in total. The Morgan fingerprint density at radius 1 is 0.541 bits per heavy atom. The number of rotatable bonds is 2. The average molecular weight is 659 g/mol. The number of hydrogen-bond acceptors (Lipinski definition) is 0. The summed E-state index contributed by atoms with van der Waals surface area (Å²) < 4.78 is 8.62. The van der Waals surface area contributed by atoms with Crippen LogP contribution in [0.15, 0.2) is 122 Å². The minimum absolute atomic E-state index is 0. The summed E-state index contributed by atoms with van der Waals surface area (Å²) in [6, 6.07) is 43.9. The maximum atomic E-state index is 3.38. The molecule has 1 radical (unpaired) electrons. The molecule has 5 heteroatoms. The van der Waals surface area contributed by atoms with Crippen molar-refractivity contribution in [2.75, 3.05) is 0 Å². The molecule has 0 saturated carbocycles. The van der Waals surface area contributed by atoms with Crippen molar-refractivity contribution in [2.24, 2.45) is 14.1 Å². The van der Waals surface area contributed by atoms with E-state index in [1.165, 1.54) is 32.8 Å². The maximum absolute atomic E-state index is 3.38. The molecule has 0 N–H and O–H groups in total. The minimum atomic E-state index is 0. The molecule has 0 saturated heterocycles. The normalized spacial score (nSPS) is 10.8. The van der Waals surface area contributed by atoms with E-state index in [0.29, 0.717) is 0 Å². The summed E-state index contributed by atoms with van der Waals surface area (Å²) in [5, 5.41) is 2.46. The van der Waals surface area contributed by atoms with Gasteiger partial charge in [-0.1, -0.05) is 29.7 Å². The summed E-state index contributed by atoms with van der Waals surface area (Å²) in [7, 11) is 4.13. The van der Waals surface area contributed by atoms with Crippen molar-refractivity contribution in [1.29, 1.82) is 0 Å². The predicted octanol–water partition coefficient (Wildman–Crippen LogP) is 7.25. The zero-order chi connectivity index (χ0) is 24.5. The van der Waals surface area contributed by atoms with E-state index in [2.05, 4.69) is 142 Å². The van der Waals surface area contributed by atoms with E-state index in [0.717, 1.165) is 11.4 Å². The Hall–Kier alpha value is -4.05. The van der Waals surface area contributed by atoms with Gasteiger partial charge in [0.1, 0.15) is 0 Å². The second kappa shape index (κ2) is 10.5. The van der Waals surface area contributed by atoms with Crippen molar-refractivity contribution >= 4 is 32.8 Å². The first-order chi connectivity index (χ1) is 17.7. The Bertz CT molecular complexity index is 1810. The van der Waals surface area contributed by atoms with Crippen molar-refractivity contribution in [3.8, 4) is 11.4 Å². The topological polar surface area (TPSA) is 19.7 Å². The number of benzene rings is 5. The van der Waals surface area contributed by atoms with E-state index in [1.807, 2.05) is 24.3 Å². The minimum Gasteiger partial charge on any atom is -0.248 e. The Balaban J connectivity index is 0.000000151. The van der Waals surface area contributed by atoms with E-state index < -0.39 is 0 Å². The molecule has 0 amide bonds. The second-order valence-electron chi connectivity index (χ2n) is 8.83. The quantitative estimate of drug-likeness (QED) is 0.175. The zero-order valence-corrected chi connectivity index (χ0v) is 23.1. The Kier molecular flexibility index (Phi) is 7.00. The van der Waals surface area contributed by atoms with Gasteiger partial charge >= 0.3 is 0 Å². The second-order valence-corrected chi connectivity index (χ2v) is 8.83. The summed E-state index contributed by atoms with van der Waals surface area (Å²) in [5.41, 5.74) is 7.00. The number of nitrogens with zero attached hydrogens (tertiary/aromatic N) is 4. The van der Waals surface area contributed by atoms with Gasteiger partial charge in [0.2, 0.25) is 0 Å². The summed E-state index contributed by atoms with van der Waals surface area (Å²) in [6.07, 6.45) is 4.19. The molecular formula is C32H26IrN4. The molecule has 0 fully saturated rings. The molecule has 0 atom stereocenters. The SMILES string of the molecule is Cn1[cH+]n(-c2[c-]ccc3ccccc23)c2ccccc21.Cn1[cH+]n(-c2[c-]cccc2)c2ccccc21.[Ir]. The fraction of sp³-hybridized carbons (Fsp3) is 0.0625. The fourth-order valence-corrected chi connectivity index (χ4v) is 4.78. The Morgan fingerprint density at radius 2 is 1.11 bits per heavy atom. The number of fused-ring (bicyclic) bond motifs is 3. The largest absolute Gasteiger partial charge is 0.248 e. The molecule has 5 aromatic carbocycles. The number of aryl methyl sites for hydroxylation is 2. The van der Waals surface area contributed by atoms with Crippen molar-refractivity contribution in [1.82, 2.24) is 18.3 Å². The van der Waals surface area contributed by atoms with Crippen molar-refractivity contribution in [3.63, 3.8) is 0 Å². The van der Waals surface area contributed by atoms with Gasteiger partial charge in [-0.3, -0.25) is 0 Å². The van der Waals surface area contributed by atoms with Gasteiger partial charge in [0.05, 0.1) is 0 Å². The van der Waals surface area contributed by atoms with Crippen LogP contribution in [0.1, 0.15) is 0 Å². The molecule has 183 valence electrons. The molecule has 37 heavy (non-hydrogen) atoms. The number of imidazole rings is 2. The maximum Gasteiger partial charge on any atom is 0.188 e. The van der Waals surface area contributed by atoms with E-state index >= 15 is 0 Å². The predicted molar refractivity (Wildman–Crippen MR) is 148 cm³/mol. The third-order valence-corrected chi connectivity index (χ3v) is 6.51. The van der Waals surface area contributed by atoms with Gasteiger partial charge in [-0.15, -0.1) is 23.6 Å². The standard InChI is InChI=1S/C18H14N2.C14H12N2.Ir/c1-19-13-20(18-11-5-4-10-17(18)19)16-12-6-8-14-7-2-3-9-15(14)16;1-15-11-16(12-7-3-2-4-8-12)14-10-6-5-9-13(14)15;/h2-11,13H,1H3;2-7,9-11H,1H3;.